The van der Waals surface area contributed by atoms with E-state index in [2.05, 4.69) is 17.1 Å². The summed E-state index contributed by atoms with van der Waals surface area (Å²) in [7, 11) is 3.65. The second kappa shape index (κ2) is 9.59. The van der Waals surface area contributed by atoms with Gasteiger partial charge in [0.15, 0.2) is 0 Å². The first-order valence-corrected chi connectivity index (χ1v) is 9.56. The van der Waals surface area contributed by atoms with Crippen LogP contribution in [0.15, 0.2) is 35.4 Å². The van der Waals surface area contributed by atoms with Gasteiger partial charge in [0.1, 0.15) is 23.0 Å². The third-order valence-electron chi connectivity index (χ3n) is 4.02. The Hall–Kier alpha value is -3.29. The van der Waals surface area contributed by atoms with Gasteiger partial charge in [0.25, 0.3) is 0 Å². The molecule has 0 unspecified atom stereocenters. The molecule has 0 aliphatic rings. The Labute approximate surface area is 168 Å². The Morgan fingerprint density at radius 3 is 2.36 bits per heavy atom. The van der Waals surface area contributed by atoms with Gasteiger partial charge in [0.2, 0.25) is 0 Å². The van der Waals surface area contributed by atoms with E-state index in [1.54, 1.807) is 4.90 Å². The molecule has 0 bridgehead atoms. The molecule has 1 heterocycles. The van der Waals surface area contributed by atoms with E-state index in [0.717, 1.165) is 22.8 Å². The summed E-state index contributed by atoms with van der Waals surface area (Å²) in [6, 6.07) is 11.9. The minimum absolute atomic E-state index is 0.447. The normalized spacial score (nSPS) is 10.5. The first-order chi connectivity index (χ1) is 13.4. The van der Waals surface area contributed by atoms with Gasteiger partial charge < -0.3 is 10.0 Å². The van der Waals surface area contributed by atoms with Crippen LogP contribution in [0.2, 0.25) is 0 Å². The monoisotopic (exact) mass is 392 g/mol. The molecule has 2 rings (SSSR count). The maximum Gasteiger partial charge on any atom is 0.328 e. The summed E-state index contributed by atoms with van der Waals surface area (Å²) in [5, 5.41) is 28.5. The molecule has 0 spiro atoms. The fourth-order valence-corrected chi connectivity index (χ4v) is 3.62. The molecule has 0 saturated carbocycles. The van der Waals surface area contributed by atoms with Gasteiger partial charge >= 0.3 is 5.97 Å². The number of nitrogens with zero attached hydrogens (tertiary/aromatic N) is 4. The summed E-state index contributed by atoms with van der Waals surface area (Å²) in [5.74, 6) is 0.181. The largest absolute Gasteiger partial charge is 0.478 e. The smallest absolute Gasteiger partial charge is 0.328 e. The molecule has 2 aromatic rings. The van der Waals surface area contributed by atoms with Crippen LogP contribution in [0.5, 0.6) is 0 Å². The summed E-state index contributed by atoms with van der Waals surface area (Å²) in [5.41, 5.74) is 3.45. The number of hydrogen-bond donors (Lipinski definition) is 1. The Morgan fingerprint density at radius 1 is 1.21 bits per heavy atom. The van der Waals surface area contributed by atoms with E-state index in [4.69, 9.17) is 5.11 Å². The van der Waals surface area contributed by atoms with Crippen molar-refractivity contribution in [2.75, 3.05) is 19.0 Å². The topological polar surface area (TPSA) is 101 Å². The van der Waals surface area contributed by atoms with E-state index < -0.39 is 5.97 Å². The molecule has 1 aromatic heterocycles. The molecule has 0 radical (unpaired) electrons. The van der Waals surface area contributed by atoms with Crippen LogP contribution in [0, 0.1) is 22.7 Å². The minimum atomic E-state index is -0.987. The average Bonchev–Trinajstić information content (AvgIpc) is 2.69. The van der Waals surface area contributed by atoms with Crippen molar-refractivity contribution in [3.8, 4) is 12.1 Å². The third-order valence-corrected chi connectivity index (χ3v) is 5.07. The Balaban J connectivity index is 2.31. The van der Waals surface area contributed by atoms with Crippen LogP contribution in [-0.2, 0) is 17.0 Å². The molecule has 1 N–H and O–H groups in total. The molecular formula is C21H20N4O2S. The van der Waals surface area contributed by atoms with Gasteiger partial charge in [-0.05, 0) is 29.2 Å². The summed E-state index contributed by atoms with van der Waals surface area (Å²) < 4.78 is 0. The molecule has 0 fully saturated rings. The van der Waals surface area contributed by atoms with Crippen molar-refractivity contribution in [3.05, 3.63) is 58.2 Å². The van der Waals surface area contributed by atoms with Crippen LogP contribution >= 0.6 is 11.8 Å². The first-order valence-electron chi connectivity index (χ1n) is 8.58. The second-order valence-electron chi connectivity index (χ2n) is 6.14. The lowest BCUT2D eigenvalue weighted by Gasteiger charge is -2.18. The fraction of sp³-hybridized carbons (Fsp3) is 0.238. The minimum Gasteiger partial charge on any atom is -0.478 e. The highest BCUT2D eigenvalue weighted by molar-refractivity contribution is 7.98. The van der Waals surface area contributed by atoms with Crippen LogP contribution in [0.1, 0.15) is 34.7 Å². The van der Waals surface area contributed by atoms with Crippen molar-refractivity contribution in [1.29, 1.82) is 10.5 Å². The van der Waals surface area contributed by atoms with Crippen LogP contribution in [0.25, 0.3) is 6.08 Å². The number of hydrogen-bond acceptors (Lipinski definition) is 6. The third kappa shape index (κ3) is 4.91. The predicted molar refractivity (Wildman–Crippen MR) is 110 cm³/mol. The van der Waals surface area contributed by atoms with E-state index in [-0.39, 0.29) is 0 Å². The molecule has 142 valence electrons. The zero-order valence-corrected chi connectivity index (χ0v) is 16.7. The molecule has 0 saturated heterocycles. The fourth-order valence-electron chi connectivity index (χ4n) is 2.66. The van der Waals surface area contributed by atoms with Gasteiger partial charge in [0, 0.05) is 25.9 Å². The van der Waals surface area contributed by atoms with E-state index in [1.165, 1.54) is 17.8 Å². The lowest BCUT2D eigenvalue weighted by atomic mass is 10.0. The number of carboxylic acid groups (broad SMARTS) is 1. The van der Waals surface area contributed by atoms with Crippen molar-refractivity contribution in [3.63, 3.8) is 0 Å². The Morgan fingerprint density at radius 2 is 1.86 bits per heavy atom. The summed E-state index contributed by atoms with van der Waals surface area (Å²) >= 11 is 1.45. The van der Waals surface area contributed by atoms with Crippen LogP contribution in [0.4, 0.5) is 5.82 Å². The van der Waals surface area contributed by atoms with Crippen molar-refractivity contribution >= 4 is 29.6 Å². The van der Waals surface area contributed by atoms with E-state index in [9.17, 15) is 15.3 Å². The Bertz CT molecular complexity index is 983. The molecule has 0 atom stereocenters. The number of aliphatic carboxylic acids is 1. The lowest BCUT2D eigenvalue weighted by molar-refractivity contribution is -0.131. The summed E-state index contributed by atoms with van der Waals surface area (Å²) in [4.78, 5) is 16.9. The number of carbonyl (C=O) groups is 1. The van der Waals surface area contributed by atoms with Gasteiger partial charge in [-0.25, -0.2) is 9.78 Å². The van der Waals surface area contributed by atoms with Crippen LogP contribution in [-0.4, -0.2) is 30.2 Å². The number of carboxylic acids is 1. The van der Waals surface area contributed by atoms with E-state index in [0.29, 0.717) is 34.1 Å². The number of benzene rings is 1. The average molecular weight is 392 g/mol. The zero-order chi connectivity index (χ0) is 20.7. The van der Waals surface area contributed by atoms with Gasteiger partial charge in [-0.3, -0.25) is 0 Å². The first kappa shape index (κ1) is 21.0. The second-order valence-corrected chi connectivity index (χ2v) is 7.11. The van der Waals surface area contributed by atoms with Gasteiger partial charge in [-0.15, -0.1) is 11.8 Å². The molecule has 7 heteroatoms. The molecular weight excluding hydrogens is 372 g/mol. The van der Waals surface area contributed by atoms with Crippen LogP contribution < -0.4 is 4.90 Å². The number of anilines is 1. The summed E-state index contributed by atoms with van der Waals surface area (Å²) in [6.45, 7) is 1.92. The Kier molecular flexibility index (Phi) is 7.20. The maximum absolute atomic E-state index is 10.6. The van der Waals surface area contributed by atoms with Gasteiger partial charge in [0.05, 0.1) is 11.1 Å². The lowest BCUT2D eigenvalue weighted by Crippen LogP contribution is -2.15. The zero-order valence-electron chi connectivity index (χ0n) is 15.9. The molecule has 0 aliphatic carbocycles. The van der Waals surface area contributed by atoms with E-state index >= 15 is 0 Å². The highest BCUT2D eigenvalue weighted by atomic mass is 32.2. The van der Waals surface area contributed by atoms with Crippen LogP contribution in [0.3, 0.4) is 0 Å². The van der Waals surface area contributed by atoms with E-state index in [1.807, 2.05) is 45.3 Å². The molecule has 28 heavy (non-hydrogen) atoms. The number of pyridine rings is 1. The molecule has 0 aliphatic heterocycles. The van der Waals surface area contributed by atoms with Crippen molar-refractivity contribution in [2.45, 2.75) is 24.1 Å². The summed E-state index contributed by atoms with van der Waals surface area (Å²) in [6.07, 6.45) is 3.21. The number of thioether (sulfide) groups is 1. The van der Waals surface area contributed by atoms with Gasteiger partial charge in [-0.1, -0.05) is 31.2 Å². The number of nitriles is 2. The van der Waals surface area contributed by atoms with Crippen molar-refractivity contribution < 1.29 is 9.90 Å². The van der Waals surface area contributed by atoms with Crippen molar-refractivity contribution in [1.82, 2.24) is 4.98 Å². The molecule has 0 amide bonds. The molecule has 1 aromatic carbocycles. The SMILES string of the molecule is CCc1c(C#N)c(SCc2ccc(/C=C/C(=O)O)cc2)nc(N(C)C)c1C#N. The van der Waals surface area contributed by atoms with Gasteiger partial charge in [-0.2, -0.15) is 10.5 Å². The number of rotatable bonds is 7. The predicted octanol–water partition coefficient (Wildman–Crippen LogP) is 3.84. The number of aromatic nitrogens is 1. The highest BCUT2D eigenvalue weighted by Crippen LogP contribution is 2.32. The quantitative estimate of drug-likeness (QED) is 0.564. The van der Waals surface area contributed by atoms with Crippen molar-refractivity contribution in [2.24, 2.45) is 0 Å². The standard InChI is InChI=1S/C21H20N4O2S/c1-4-16-17(11-22)20(25(2)3)24-21(18(16)12-23)28-13-15-7-5-14(6-8-15)9-10-19(26)27/h5-10H,4,13H2,1-3H3,(H,26,27)/b10-9+. The molecule has 6 nitrogen and oxygen atoms in total. The highest BCUT2D eigenvalue weighted by Gasteiger charge is 2.20. The maximum atomic E-state index is 10.6.